The number of nitrogens with zero attached hydrogens (tertiary/aromatic N) is 2. The first-order chi connectivity index (χ1) is 8.61. The monoisotopic (exact) mass is 264 g/mol. The minimum atomic E-state index is -0.623. The van der Waals surface area contributed by atoms with Crippen molar-refractivity contribution >= 4 is 11.6 Å². The molecule has 3 nitrogen and oxygen atoms in total. The Labute approximate surface area is 112 Å². The molecule has 0 bridgehead atoms. The quantitative estimate of drug-likeness (QED) is 0.921. The van der Waals surface area contributed by atoms with Gasteiger partial charge in [-0.15, -0.1) is 0 Å². The Morgan fingerprint density at radius 2 is 2.22 bits per heavy atom. The lowest BCUT2D eigenvalue weighted by Crippen LogP contribution is -2.10. The van der Waals surface area contributed by atoms with Crippen molar-refractivity contribution in [1.29, 1.82) is 0 Å². The molecule has 0 aliphatic heterocycles. The summed E-state index contributed by atoms with van der Waals surface area (Å²) in [7, 11) is 0. The van der Waals surface area contributed by atoms with Crippen LogP contribution in [0.1, 0.15) is 29.8 Å². The highest BCUT2D eigenvalue weighted by atomic mass is 35.5. The summed E-state index contributed by atoms with van der Waals surface area (Å²) in [6, 6.07) is 8.12. The molecule has 1 N–H and O–H groups in total. The Morgan fingerprint density at radius 3 is 2.89 bits per heavy atom. The molecule has 0 radical (unpaired) electrons. The van der Waals surface area contributed by atoms with E-state index in [0.29, 0.717) is 23.7 Å². The average Bonchev–Trinajstić information content (AvgIpc) is 2.70. The number of aliphatic hydroxyl groups is 1. The molecule has 0 spiro atoms. The Kier molecular flexibility index (Phi) is 4.04. The predicted molar refractivity (Wildman–Crippen MR) is 72.8 cm³/mol. The van der Waals surface area contributed by atoms with Crippen LogP contribution in [0.15, 0.2) is 30.5 Å². The van der Waals surface area contributed by atoms with Crippen molar-refractivity contribution < 1.29 is 5.11 Å². The maximum atomic E-state index is 10.3. The van der Waals surface area contributed by atoms with E-state index in [1.807, 2.05) is 32.0 Å². The Balaban J connectivity index is 2.21. The molecular weight excluding hydrogens is 248 g/mol. The van der Waals surface area contributed by atoms with Crippen LogP contribution in [-0.4, -0.2) is 14.9 Å². The van der Waals surface area contributed by atoms with E-state index >= 15 is 0 Å². The Morgan fingerprint density at radius 1 is 1.44 bits per heavy atom. The zero-order valence-corrected chi connectivity index (χ0v) is 11.4. The highest BCUT2D eigenvalue weighted by Crippen LogP contribution is 2.25. The first-order valence-corrected chi connectivity index (χ1v) is 6.44. The first-order valence-electron chi connectivity index (χ1n) is 6.06. The van der Waals surface area contributed by atoms with Gasteiger partial charge in [0, 0.05) is 13.0 Å². The number of halogens is 1. The molecule has 1 aromatic heterocycles. The fraction of sp³-hybridized carbons (Fsp3) is 0.357. The second-order valence-electron chi connectivity index (χ2n) is 4.40. The van der Waals surface area contributed by atoms with Crippen LogP contribution in [0.3, 0.4) is 0 Å². The van der Waals surface area contributed by atoms with Gasteiger partial charge in [-0.2, -0.15) is 5.10 Å². The van der Waals surface area contributed by atoms with Crippen LogP contribution in [0.4, 0.5) is 0 Å². The van der Waals surface area contributed by atoms with E-state index in [2.05, 4.69) is 11.2 Å². The van der Waals surface area contributed by atoms with Crippen molar-refractivity contribution in [2.75, 3.05) is 0 Å². The summed E-state index contributed by atoms with van der Waals surface area (Å²) in [5.74, 6) is 0. The first kappa shape index (κ1) is 13.1. The minimum absolute atomic E-state index is 0.525. The number of hydrogen-bond acceptors (Lipinski definition) is 2. The molecule has 0 saturated carbocycles. The highest BCUT2D eigenvalue weighted by Gasteiger charge is 2.17. The second-order valence-corrected chi connectivity index (χ2v) is 4.81. The van der Waals surface area contributed by atoms with Crippen molar-refractivity contribution in [3.63, 3.8) is 0 Å². The van der Waals surface area contributed by atoms with E-state index in [-0.39, 0.29) is 0 Å². The summed E-state index contributed by atoms with van der Waals surface area (Å²) < 4.78 is 1.74. The third kappa shape index (κ3) is 2.74. The lowest BCUT2D eigenvalue weighted by Gasteiger charge is -2.13. The second kappa shape index (κ2) is 5.55. The van der Waals surface area contributed by atoms with Crippen LogP contribution in [-0.2, 0) is 13.0 Å². The van der Waals surface area contributed by atoms with E-state index in [4.69, 9.17) is 11.6 Å². The molecule has 2 rings (SSSR count). The van der Waals surface area contributed by atoms with Gasteiger partial charge in [-0.25, -0.2) is 0 Å². The lowest BCUT2D eigenvalue weighted by atomic mass is 10.0. The summed E-state index contributed by atoms with van der Waals surface area (Å²) in [6.07, 6.45) is 1.51. The van der Waals surface area contributed by atoms with E-state index in [9.17, 15) is 5.11 Å². The summed E-state index contributed by atoms with van der Waals surface area (Å²) in [5.41, 5.74) is 2.98. The zero-order chi connectivity index (χ0) is 13.1. The molecule has 1 atom stereocenters. The molecular formula is C14H17ClN2O. The molecule has 0 amide bonds. The molecule has 0 saturated heterocycles. The molecule has 0 aliphatic rings. The normalized spacial score (nSPS) is 12.7. The van der Waals surface area contributed by atoms with Gasteiger partial charge in [0.2, 0.25) is 0 Å². The van der Waals surface area contributed by atoms with Gasteiger partial charge in [0.15, 0.2) is 0 Å². The van der Waals surface area contributed by atoms with Crippen LogP contribution in [0.2, 0.25) is 5.02 Å². The molecule has 0 fully saturated rings. The molecule has 1 heterocycles. The molecule has 96 valence electrons. The van der Waals surface area contributed by atoms with Gasteiger partial charge in [-0.1, -0.05) is 41.4 Å². The van der Waals surface area contributed by atoms with Gasteiger partial charge in [0.25, 0.3) is 0 Å². The number of aromatic nitrogens is 2. The van der Waals surface area contributed by atoms with Crippen LogP contribution in [0.25, 0.3) is 0 Å². The number of aliphatic hydroxyl groups excluding tert-OH is 1. The van der Waals surface area contributed by atoms with Crippen molar-refractivity contribution in [2.45, 2.75) is 32.9 Å². The lowest BCUT2D eigenvalue weighted by molar-refractivity contribution is 0.167. The third-order valence-electron chi connectivity index (χ3n) is 2.96. The van der Waals surface area contributed by atoms with Gasteiger partial charge in [-0.05, 0) is 19.4 Å². The van der Waals surface area contributed by atoms with E-state index in [0.717, 1.165) is 5.56 Å². The smallest absolute Gasteiger partial charge is 0.101 e. The fourth-order valence-corrected chi connectivity index (χ4v) is 2.38. The fourth-order valence-electron chi connectivity index (χ4n) is 2.11. The maximum absolute atomic E-state index is 10.3. The van der Waals surface area contributed by atoms with E-state index in [1.54, 1.807) is 10.9 Å². The van der Waals surface area contributed by atoms with Gasteiger partial charge >= 0.3 is 0 Å². The highest BCUT2D eigenvalue weighted by molar-refractivity contribution is 6.31. The minimum Gasteiger partial charge on any atom is -0.386 e. The number of benzene rings is 1. The zero-order valence-electron chi connectivity index (χ0n) is 10.6. The topological polar surface area (TPSA) is 38.0 Å². The SMILES string of the molecule is CCn1ncc(Cl)c1C(O)Cc1cccc(C)c1. The summed E-state index contributed by atoms with van der Waals surface area (Å²) in [6.45, 7) is 4.72. The van der Waals surface area contributed by atoms with Crippen LogP contribution in [0, 0.1) is 6.92 Å². The van der Waals surface area contributed by atoms with Gasteiger partial charge < -0.3 is 5.11 Å². The Bertz CT molecular complexity index is 536. The third-order valence-corrected chi connectivity index (χ3v) is 3.25. The standard InChI is InChI=1S/C14H17ClN2O/c1-3-17-14(12(15)9-16-17)13(18)8-11-6-4-5-10(2)7-11/h4-7,9,13,18H,3,8H2,1-2H3. The predicted octanol–water partition coefficient (Wildman–Crippen LogP) is 3.14. The summed E-state index contributed by atoms with van der Waals surface area (Å²) in [5, 5.41) is 15.0. The van der Waals surface area contributed by atoms with Gasteiger partial charge in [-0.3, -0.25) is 4.68 Å². The molecule has 4 heteroatoms. The van der Waals surface area contributed by atoms with Gasteiger partial charge in [0.1, 0.15) is 6.10 Å². The van der Waals surface area contributed by atoms with Gasteiger partial charge in [0.05, 0.1) is 16.9 Å². The van der Waals surface area contributed by atoms with E-state index in [1.165, 1.54) is 5.56 Å². The molecule has 0 aliphatic carbocycles. The Hall–Kier alpha value is -1.32. The summed E-state index contributed by atoms with van der Waals surface area (Å²) >= 11 is 6.07. The largest absolute Gasteiger partial charge is 0.386 e. The maximum Gasteiger partial charge on any atom is 0.101 e. The molecule has 1 unspecified atom stereocenters. The summed E-state index contributed by atoms with van der Waals surface area (Å²) in [4.78, 5) is 0. The van der Waals surface area contributed by atoms with Crippen LogP contribution >= 0.6 is 11.6 Å². The average molecular weight is 265 g/mol. The number of aryl methyl sites for hydroxylation is 2. The van der Waals surface area contributed by atoms with Crippen molar-refractivity contribution in [3.8, 4) is 0 Å². The van der Waals surface area contributed by atoms with Crippen molar-refractivity contribution in [1.82, 2.24) is 9.78 Å². The van der Waals surface area contributed by atoms with Crippen molar-refractivity contribution in [2.24, 2.45) is 0 Å². The van der Waals surface area contributed by atoms with E-state index < -0.39 is 6.10 Å². The molecule has 2 aromatic rings. The van der Waals surface area contributed by atoms with Crippen molar-refractivity contribution in [3.05, 3.63) is 52.3 Å². The van der Waals surface area contributed by atoms with Crippen LogP contribution < -0.4 is 0 Å². The number of hydrogen-bond donors (Lipinski definition) is 1. The molecule has 1 aromatic carbocycles. The molecule has 18 heavy (non-hydrogen) atoms. The van der Waals surface area contributed by atoms with Crippen LogP contribution in [0.5, 0.6) is 0 Å². The number of rotatable bonds is 4.